The average molecular weight is 393 g/mol. The number of hydrogen-bond donors (Lipinski definition) is 0. The Kier molecular flexibility index (Phi) is 5.26. The summed E-state index contributed by atoms with van der Waals surface area (Å²) in [5.41, 5.74) is 4.11. The highest BCUT2D eigenvalue weighted by molar-refractivity contribution is 6.04. The van der Waals surface area contributed by atoms with Crippen molar-refractivity contribution < 1.29 is 9.53 Å². The van der Waals surface area contributed by atoms with Crippen LogP contribution in [0.5, 0.6) is 5.75 Å². The number of aromatic nitrogens is 3. The first-order valence-electron chi connectivity index (χ1n) is 10.3. The van der Waals surface area contributed by atoms with Crippen LogP contribution in [0.2, 0.25) is 0 Å². The number of imidazole rings is 1. The van der Waals surface area contributed by atoms with Crippen LogP contribution in [0.1, 0.15) is 59.7 Å². The van der Waals surface area contributed by atoms with Crippen molar-refractivity contribution >= 4 is 17.1 Å². The number of nitrogens with zero attached hydrogens (tertiary/aromatic N) is 4. The van der Waals surface area contributed by atoms with Gasteiger partial charge in [-0.2, -0.15) is 0 Å². The molecule has 3 aromatic rings. The monoisotopic (exact) mass is 392 g/mol. The van der Waals surface area contributed by atoms with Gasteiger partial charge in [0.25, 0.3) is 5.91 Å². The van der Waals surface area contributed by atoms with Gasteiger partial charge in [-0.05, 0) is 50.5 Å². The number of hydrogen-bond acceptors (Lipinski definition) is 4. The summed E-state index contributed by atoms with van der Waals surface area (Å²) in [6, 6.07) is 9.64. The van der Waals surface area contributed by atoms with Gasteiger partial charge < -0.3 is 14.2 Å². The van der Waals surface area contributed by atoms with Gasteiger partial charge in [0.05, 0.1) is 18.7 Å². The van der Waals surface area contributed by atoms with Gasteiger partial charge in [0.2, 0.25) is 0 Å². The maximum atomic E-state index is 13.5. The van der Waals surface area contributed by atoms with Crippen molar-refractivity contribution in [1.82, 2.24) is 19.4 Å². The predicted octanol–water partition coefficient (Wildman–Crippen LogP) is 4.31. The molecule has 0 fully saturated rings. The second-order valence-corrected chi connectivity index (χ2v) is 7.84. The molecule has 1 atom stereocenters. The summed E-state index contributed by atoms with van der Waals surface area (Å²) in [6.07, 6.45) is 4.43. The SMILES string of the molecule is COc1ccc([C@H](C)N(C)C(=O)c2cc(C)nc3c2nc2n3CCCCC2)cc1. The van der Waals surface area contributed by atoms with E-state index in [1.54, 1.807) is 12.0 Å². The molecule has 0 spiro atoms. The molecule has 1 amide bonds. The van der Waals surface area contributed by atoms with Crippen LogP contribution in [0.3, 0.4) is 0 Å². The van der Waals surface area contributed by atoms with Crippen molar-refractivity contribution in [2.45, 2.75) is 52.1 Å². The standard InChI is InChI=1S/C23H28N4O2/c1-15-14-19(21-22(24-15)27-13-7-5-6-8-20(27)25-21)23(28)26(3)16(2)17-9-11-18(29-4)12-10-17/h9-12,14,16H,5-8,13H2,1-4H3/t16-/m0/s1. The molecule has 6 nitrogen and oxygen atoms in total. The van der Waals surface area contributed by atoms with Crippen LogP contribution in [-0.4, -0.2) is 39.5 Å². The molecular formula is C23H28N4O2. The molecule has 0 unspecified atom stereocenters. The Morgan fingerprint density at radius 2 is 1.93 bits per heavy atom. The Bertz CT molecular complexity index is 1040. The topological polar surface area (TPSA) is 60.2 Å². The molecule has 6 heteroatoms. The fourth-order valence-corrected chi connectivity index (χ4v) is 4.05. The van der Waals surface area contributed by atoms with Gasteiger partial charge in [-0.3, -0.25) is 4.79 Å². The largest absolute Gasteiger partial charge is 0.497 e. The quantitative estimate of drug-likeness (QED) is 0.664. The minimum atomic E-state index is -0.0719. The highest BCUT2D eigenvalue weighted by atomic mass is 16.5. The zero-order chi connectivity index (χ0) is 20.5. The first kappa shape index (κ1) is 19.4. The summed E-state index contributed by atoms with van der Waals surface area (Å²) in [5.74, 6) is 1.83. The Morgan fingerprint density at radius 3 is 2.66 bits per heavy atom. The Balaban J connectivity index is 1.70. The van der Waals surface area contributed by atoms with Crippen LogP contribution in [0.25, 0.3) is 11.2 Å². The zero-order valence-corrected chi connectivity index (χ0v) is 17.6. The first-order chi connectivity index (χ1) is 14.0. The van der Waals surface area contributed by atoms with Gasteiger partial charge in [0.1, 0.15) is 17.1 Å². The molecule has 1 aliphatic heterocycles. The van der Waals surface area contributed by atoms with E-state index in [9.17, 15) is 4.79 Å². The molecule has 0 saturated heterocycles. The summed E-state index contributed by atoms with van der Waals surface area (Å²) in [7, 11) is 3.50. The summed E-state index contributed by atoms with van der Waals surface area (Å²) in [5, 5.41) is 0. The molecule has 4 rings (SSSR count). The van der Waals surface area contributed by atoms with Crippen LogP contribution < -0.4 is 4.74 Å². The molecule has 3 heterocycles. The minimum Gasteiger partial charge on any atom is -0.497 e. The van der Waals surface area contributed by atoms with E-state index in [4.69, 9.17) is 14.7 Å². The number of amides is 1. The lowest BCUT2D eigenvalue weighted by atomic mass is 10.1. The second kappa shape index (κ2) is 7.85. The van der Waals surface area contributed by atoms with Crippen LogP contribution >= 0.6 is 0 Å². The Morgan fingerprint density at radius 1 is 1.17 bits per heavy atom. The van der Waals surface area contributed by atoms with Gasteiger partial charge in [0, 0.05) is 25.7 Å². The van der Waals surface area contributed by atoms with E-state index < -0.39 is 0 Å². The Hall–Kier alpha value is -2.89. The molecule has 0 bridgehead atoms. The minimum absolute atomic E-state index is 0.0305. The van der Waals surface area contributed by atoms with Crippen molar-refractivity contribution in [2.75, 3.05) is 14.2 Å². The number of aryl methyl sites for hydroxylation is 3. The van der Waals surface area contributed by atoms with Crippen molar-refractivity contribution in [3.05, 3.63) is 53.0 Å². The molecule has 0 radical (unpaired) electrons. The highest BCUT2D eigenvalue weighted by Crippen LogP contribution is 2.27. The van der Waals surface area contributed by atoms with E-state index in [0.717, 1.165) is 59.8 Å². The van der Waals surface area contributed by atoms with E-state index in [2.05, 4.69) is 4.57 Å². The fourth-order valence-electron chi connectivity index (χ4n) is 4.05. The van der Waals surface area contributed by atoms with Gasteiger partial charge in [-0.25, -0.2) is 9.97 Å². The van der Waals surface area contributed by atoms with Crippen LogP contribution in [0.4, 0.5) is 0 Å². The first-order valence-corrected chi connectivity index (χ1v) is 10.3. The number of benzene rings is 1. The fraction of sp³-hybridized carbons (Fsp3) is 0.435. The number of carbonyl (C=O) groups is 1. The average Bonchev–Trinajstić information content (AvgIpc) is 2.92. The van der Waals surface area contributed by atoms with E-state index in [1.165, 1.54) is 6.42 Å². The van der Waals surface area contributed by atoms with Crippen LogP contribution in [0, 0.1) is 6.92 Å². The number of ether oxygens (including phenoxy) is 1. The molecule has 0 saturated carbocycles. The molecule has 0 N–H and O–H groups in total. The lowest BCUT2D eigenvalue weighted by Gasteiger charge is -2.26. The molecule has 152 valence electrons. The highest BCUT2D eigenvalue weighted by Gasteiger charge is 2.25. The maximum Gasteiger partial charge on any atom is 0.256 e. The third kappa shape index (κ3) is 3.59. The number of pyridine rings is 1. The summed E-state index contributed by atoms with van der Waals surface area (Å²) in [6.45, 7) is 4.90. The lowest BCUT2D eigenvalue weighted by molar-refractivity contribution is 0.0744. The van der Waals surface area contributed by atoms with Crippen LogP contribution in [0.15, 0.2) is 30.3 Å². The normalized spacial score (nSPS) is 14.9. The second-order valence-electron chi connectivity index (χ2n) is 7.84. The van der Waals surface area contributed by atoms with Crippen molar-refractivity contribution in [3.8, 4) is 5.75 Å². The summed E-state index contributed by atoms with van der Waals surface area (Å²) in [4.78, 5) is 24.8. The van der Waals surface area contributed by atoms with E-state index >= 15 is 0 Å². The Labute approximate surface area is 171 Å². The van der Waals surface area contributed by atoms with Crippen molar-refractivity contribution in [2.24, 2.45) is 0 Å². The van der Waals surface area contributed by atoms with Crippen molar-refractivity contribution in [1.29, 1.82) is 0 Å². The third-order valence-electron chi connectivity index (χ3n) is 5.92. The molecule has 1 aromatic carbocycles. The van der Waals surface area contributed by atoms with E-state index in [1.807, 2.05) is 51.2 Å². The molecule has 1 aliphatic rings. The molecule has 0 aliphatic carbocycles. The van der Waals surface area contributed by atoms with E-state index in [0.29, 0.717) is 5.56 Å². The molecular weight excluding hydrogens is 364 g/mol. The van der Waals surface area contributed by atoms with E-state index in [-0.39, 0.29) is 11.9 Å². The van der Waals surface area contributed by atoms with Crippen molar-refractivity contribution in [3.63, 3.8) is 0 Å². The van der Waals surface area contributed by atoms with Gasteiger partial charge >= 0.3 is 0 Å². The number of fused-ring (bicyclic) bond motifs is 3. The zero-order valence-electron chi connectivity index (χ0n) is 17.6. The number of rotatable bonds is 4. The van der Waals surface area contributed by atoms with Gasteiger partial charge in [0.15, 0.2) is 5.65 Å². The molecule has 2 aromatic heterocycles. The van der Waals surface area contributed by atoms with Crippen LogP contribution in [-0.2, 0) is 13.0 Å². The predicted molar refractivity (Wildman–Crippen MR) is 113 cm³/mol. The van der Waals surface area contributed by atoms with Gasteiger partial charge in [-0.15, -0.1) is 0 Å². The third-order valence-corrected chi connectivity index (χ3v) is 5.92. The maximum absolute atomic E-state index is 13.5. The summed E-state index contributed by atoms with van der Waals surface area (Å²) >= 11 is 0. The number of methoxy groups -OCH3 is 1. The lowest BCUT2D eigenvalue weighted by Crippen LogP contribution is -2.30. The van der Waals surface area contributed by atoms with Gasteiger partial charge in [-0.1, -0.05) is 18.6 Å². The molecule has 29 heavy (non-hydrogen) atoms. The summed E-state index contributed by atoms with van der Waals surface area (Å²) < 4.78 is 7.45. The smallest absolute Gasteiger partial charge is 0.256 e. The number of carbonyl (C=O) groups excluding carboxylic acids is 1.